The molecule has 0 spiro atoms. The molecule has 0 atom stereocenters. The first-order chi connectivity index (χ1) is 8.33. The molecule has 0 aliphatic carbocycles. The summed E-state index contributed by atoms with van der Waals surface area (Å²) in [5.74, 6) is 0. The molecule has 0 saturated carbocycles. The molecule has 2 aromatic heterocycles. The van der Waals surface area contributed by atoms with E-state index in [0.29, 0.717) is 0 Å². The van der Waals surface area contributed by atoms with E-state index >= 15 is 0 Å². The monoisotopic (exact) mass is 320 g/mol. The highest BCUT2D eigenvalue weighted by Crippen LogP contribution is 2.35. The lowest BCUT2D eigenvalue weighted by Crippen LogP contribution is -1.72. The molecule has 0 aliphatic rings. The SMILES string of the molecule is Brc1ccc(-c2csc(-c3cccs3)c2)cc1. The van der Waals surface area contributed by atoms with Gasteiger partial charge >= 0.3 is 0 Å². The molecule has 0 saturated heterocycles. The Bertz CT molecular complexity index is 606. The molecular formula is C14H9BrS2. The van der Waals surface area contributed by atoms with Crippen molar-refractivity contribution in [2.24, 2.45) is 0 Å². The summed E-state index contributed by atoms with van der Waals surface area (Å²) in [6.07, 6.45) is 0. The quantitative estimate of drug-likeness (QED) is 0.551. The van der Waals surface area contributed by atoms with Gasteiger partial charge in [0.05, 0.1) is 0 Å². The number of hydrogen-bond donors (Lipinski definition) is 0. The van der Waals surface area contributed by atoms with Crippen LogP contribution in [0.4, 0.5) is 0 Å². The van der Waals surface area contributed by atoms with Crippen molar-refractivity contribution in [2.75, 3.05) is 0 Å². The van der Waals surface area contributed by atoms with Gasteiger partial charge in [-0.1, -0.05) is 34.1 Å². The zero-order valence-electron chi connectivity index (χ0n) is 8.89. The maximum atomic E-state index is 3.46. The third kappa shape index (κ3) is 2.37. The first kappa shape index (κ1) is 11.2. The Hall–Kier alpha value is -0.900. The third-order valence-corrected chi connectivity index (χ3v) is 5.07. The van der Waals surface area contributed by atoms with Crippen LogP contribution in [-0.2, 0) is 0 Å². The fourth-order valence-corrected chi connectivity index (χ4v) is 3.70. The van der Waals surface area contributed by atoms with E-state index in [1.54, 1.807) is 22.7 Å². The van der Waals surface area contributed by atoms with Crippen LogP contribution in [0.2, 0.25) is 0 Å². The largest absolute Gasteiger partial charge is 0.143 e. The standard InChI is InChI=1S/C14H9BrS2/c15-12-5-3-10(4-6-12)11-8-14(17-9-11)13-2-1-7-16-13/h1-9H. The normalized spacial score (nSPS) is 10.6. The van der Waals surface area contributed by atoms with Crippen molar-refractivity contribution < 1.29 is 0 Å². The van der Waals surface area contributed by atoms with Gasteiger partial charge in [0.1, 0.15) is 0 Å². The molecule has 0 fully saturated rings. The van der Waals surface area contributed by atoms with Crippen LogP contribution in [0.25, 0.3) is 20.9 Å². The van der Waals surface area contributed by atoms with Crippen molar-refractivity contribution >= 4 is 38.6 Å². The van der Waals surface area contributed by atoms with E-state index in [-0.39, 0.29) is 0 Å². The van der Waals surface area contributed by atoms with E-state index in [4.69, 9.17) is 0 Å². The minimum Gasteiger partial charge on any atom is -0.143 e. The summed E-state index contributed by atoms with van der Waals surface area (Å²) in [5, 5.41) is 4.34. The van der Waals surface area contributed by atoms with Crippen LogP contribution in [0.3, 0.4) is 0 Å². The molecule has 2 heterocycles. The molecule has 3 rings (SSSR count). The molecule has 0 N–H and O–H groups in total. The Labute approximate surface area is 117 Å². The van der Waals surface area contributed by atoms with E-state index in [1.807, 2.05) is 0 Å². The Balaban J connectivity index is 1.98. The second-order valence-corrected chi connectivity index (χ2v) is 6.46. The summed E-state index contributed by atoms with van der Waals surface area (Å²) in [6.45, 7) is 0. The first-order valence-corrected chi connectivity index (χ1v) is 7.76. The fourth-order valence-electron chi connectivity index (χ4n) is 1.68. The highest BCUT2D eigenvalue weighted by molar-refractivity contribution is 9.10. The predicted molar refractivity (Wildman–Crippen MR) is 80.8 cm³/mol. The molecule has 0 aliphatic heterocycles. The van der Waals surface area contributed by atoms with Crippen LogP contribution in [0.1, 0.15) is 0 Å². The van der Waals surface area contributed by atoms with E-state index in [1.165, 1.54) is 20.9 Å². The second kappa shape index (κ2) is 4.77. The van der Waals surface area contributed by atoms with Gasteiger partial charge in [-0.3, -0.25) is 0 Å². The van der Waals surface area contributed by atoms with Crippen LogP contribution in [0.5, 0.6) is 0 Å². The highest BCUT2D eigenvalue weighted by atomic mass is 79.9. The van der Waals surface area contributed by atoms with Gasteiger partial charge in [-0.15, -0.1) is 22.7 Å². The van der Waals surface area contributed by atoms with Gasteiger partial charge in [0.25, 0.3) is 0 Å². The number of hydrogen-bond acceptors (Lipinski definition) is 2. The van der Waals surface area contributed by atoms with Crippen molar-refractivity contribution in [1.82, 2.24) is 0 Å². The summed E-state index contributed by atoms with van der Waals surface area (Å²) in [6, 6.07) is 15.0. The summed E-state index contributed by atoms with van der Waals surface area (Å²) in [5.41, 5.74) is 2.57. The number of benzene rings is 1. The molecule has 3 aromatic rings. The lowest BCUT2D eigenvalue weighted by molar-refractivity contribution is 1.63. The molecule has 0 bridgehead atoms. The average Bonchev–Trinajstić information content (AvgIpc) is 3.00. The van der Waals surface area contributed by atoms with Crippen LogP contribution in [-0.4, -0.2) is 0 Å². The number of halogens is 1. The Morgan fingerprint density at radius 1 is 0.824 bits per heavy atom. The van der Waals surface area contributed by atoms with Gasteiger partial charge in [-0.2, -0.15) is 0 Å². The molecule has 1 aromatic carbocycles. The maximum absolute atomic E-state index is 3.46. The van der Waals surface area contributed by atoms with Gasteiger partial charge in [0.15, 0.2) is 0 Å². The third-order valence-electron chi connectivity index (χ3n) is 2.54. The van der Waals surface area contributed by atoms with Crippen molar-refractivity contribution in [3.8, 4) is 20.9 Å². The molecule has 0 unspecified atom stereocenters. The van der Waals surface area contributed by atoms with Crippen molar-refractivity contribution in [3.63, 3.8) is 0 Å². The zero-order chi connectivity index (χ0) is 11.7. The summed E-state index contributed by atoms with van der Waals surface area (Å²) in [4.78, 5) is 2.69. The van der Waals surface area contributed by atoms with Crippen molar-refractivity contribution in [3.05, 3.63) is 57.7 Å². The van der Waals surface area contributed by atoms with Crippen LogP contribution in [0, 0.1) is 0 Å². The van der Waals surface area contributed by atoms with Gasteiger partial charge < -0.3 is 0 Å². The lowest BCUT2D eigenvalue weighted by Gasteiger charge is -1.97. The Morgan fingerprint density at radius 3 is 2.35 bits per heavy atom. The van der Waals surface area contributed by atoms with Crippen molar-refractivity contribution in [1.29, 1.82) is 0 Å². The van der Waals surface area contributed by atoms with Crippen LogP contribution < -0.4 is 0 Å². The summed E-state index contributed by atoms with van der Waals surface area (Å²) < 4.78 is 1.12. The first-order valence-electron chi connectivity index (χ1n) is 5.21. The van der Waals surface area contributed by atoms with E-state index < -0.39 is 0 Å². The van der Waals surface area contributed by atoms with E-state index in [2.05, 4.69) is 69.2 Å². The Kier molecular flexibility index (Phi) is 3.14. The summed E-state index contributed by atoms with van der Waals surface area (Å²) in [7, 11) is 0. The van der Waals surface area contributed by atoms with Crippen LogP contribution >= 0.6 is 38.6 Å². The molecule has 84 valence electrons. The second-order valence-electron chi connectivity index (χ2n) is 3.68. The maximum Gasteiger partial charge on any atom is 0.0448 e. The topological polar surface area (TPSA) is 0 Å². The smallest absolute Gasteiger partial charge is 0.0448 e. The van der Waals surface area contributed by atoms with E-state index in [9.17, 15) is 0 Å². The van der Waals surface area contributed by atoms with Gasteiger partial charge in [-0.25, -0.2) is 0 Å². The molecule has 0 nitrogen and oxygen atoms in total. The van der Waals surface area contributed by atoms with Gasteiger partial charge in [-0.05, 0) is 46.2 Å². The van der Waals surface area contributed by atoms with E-state index in [0.717, 1.165) is 4.47 Å². The minimum atomic E-state index is 1.12. The lowest BCUT2D eigenvalue weighted by atomic mass is 10.1. The number of thiophene rings is 2. The predicted octanol–water partition coefficient (Wildman–Crippen LogP) is 5.91. The van der Waals surface area contributed by atoms with Gasteiger partial charge in [0.2, 0.25) is 0 Å². The average molecular weight is 321 g/mol. The molecular weight excluding hydrogens is 312 g/mol. The number of rotatable bonds is 2. The Morgan fingerprint density at radius 2 is 1.65 bits per heavy atom. The molecule has 17 heavy (non-hydrogen) atoms. The highest BCUT2D eigenvalue weighted by Gasteiger charge is 2.05. The molecule has 3 heteroatoms. The molecule has 0 radical (unpaired) electrons. The van der Waals surface area contributed by atoms with Crippen LogP contribution in [0.15, 0.2) is 57.7 Å². The summed E-state index contributed by atoms with van der Waals surface area (Å²) >= 11 is 7.05. The molecule has 0 amide bonds. The van der Waals surface area contributed by atoms with Crippen molar-refractivity contribution in [2.45, 2.75) is 0 Å². The fraction of sp³-hybridized carbons (Fsp3) is 0. The minimum absolute atomic E-state index is 1.12. The zero-order valence-corrected chi connectivity index (χ0v) is 12.1. The van der Waals surface area contributed by atoms with Gasteiger partial charge in [0, 0.05) is 14.2 Å².